The van der Waals surface area contributed by atoms with Gasteiger partial charge in [-0.2, -0.15) is 4.31 Å². The fourth-order valence-corrected chi connectivity index (χ4v) is 3.56. The highest BCUT2D eigenvalue weighted by Gasteiger charge is 2.27. The first kappa shape index (κ1) is 17.1. The number of nitrogens with zero attached hydrogens (tertiary/aromatic N) is 3. The minimum atomic E-state index is -3.08. The van der Waals surface area contributed by atoms with Gasteiger partial charge in [-0.15, -0.1) is 0 Å². The van der Waals surface area contributed by atoms with E-state index in [1.807, 2.05) is 0 Å². The van der Waals surface area contributed by atoms with Crippen LogP contribution in [-0.2, 0) is 19.6 Å². The zero-order valence-corrected chi connectivity index (χ0v) is 13.9. The summed E-state index contributed by atoms with van der Waals surface area (Å²) in [6, 6.07) is 0. The summed E-state index contributed by atoms with van der Waals surface area (Å²) < 4.78 is 24.4. The maximum atomic E-state index is 11.7. The second-order valence-corrected chi connectivity index (χ2v) is 7.82. The number of carbonyl (C=O) groups is 2. The van der Waals surface area contributed by atoms with Crippen LogP contribution in [0.4, 0.5) is 0 Å². The maximum Gasteiger partial charge on any atom is 0.256 e. The van der Waals surface area contributed by atoms with Gasteiger partial charge in [0.25, 0.3) is 11.8 Å². The topological polar surface area (TPSA) is 78.0 Å². The molecule has 0 bridgehead atoms. The molecule has 0 radical (unpaired) electrons. The number of imide groups is 1. The Balaban J connectivity index is 1.66. The SMILES string of the molecule is CN1C(=O)C=C(CCCCN2CCN(S(C)(=O)=O)CC2)C1=O. The van der Waals surface area contributed by atoms with Crippen molar-refractivity contribution in [2.75, 3.05) is 46.0 Å². The summed E-state index contributed by atoms with van der Waals surface area (Å²) in [7, 11) is -1.58. The zero-order chi connectivity index (χ0) is 16.3. The van der Waals surface area contributed by atoms with Crippen LogP contribution in [0, 0.1) is 0 Å². The zero-order valence-electron chi connectivity index (χ0n) is 13.1. The van der Waals surface area contributed by atoms with Gasteiger partial charge in [-0.05, 0) is 25.8 Å². The lowest BCUT2D eigenvalue weighted by atomic mass is 10.1. The van der Waals surface area contributed by atoms with Crippen molar-refractivity contribution >= 4 is 21.8 Å². The van der Waals surface area contributed by atoms with E-state index in [1.165, 1.54) is 23.7 Å². The third-order valence-electron chi connectivity index (χ3n) is 4.18. The Labute approximate surface area is 131 Å². The van der Waals surface area contributed by atoms with E-state index in [-0.39, 0.29) is 11.8 Å². The standard InChI is InChI=1S/C14H23N3O4S/c1-15-13(18)11-12(14(15)19)5-3-4-6-16-7-9-17(10-8-16)22(2,20)21/h11H,3-10H2,1-2H3. The summed E-state index contributed by atoms with van der Waals surface area (Å²) in [6.45, 7) is 3.47. The Morgan fingerprint density at radius 1 is 1.09 bits per heavy atom. The normalized spacial score (nSPS) is 21.5. The molecule has 0 aromatic rings. The molecule has 2 amide bonds. The summed E-state index contributed by atoms with van der Waals surface area (Å²) in [5.41, 5.74) is 0.592. The number of hydrogen-bond donors (Lipinski definition) is 0. The molecule has 0 atom stereocenters. The van der Waals surface area contributed by atoms with E-state index >= 15 is 0 Å². The minimum Gasteiger partial charge on any atom is -0.301 e. The second kappa shape index (κ2) is 6.89. The van der Waals surface area contributed by atoms with Crippen molar-refractivity contribution in [2.45, 2.75) is 19.3 Å². The van der Waals surface area contributed by atoms with Gasteiger partial charge < -0.3 is 4.90 Å². The van der Waals surface area contributed by atoms with Crippen LogP contribution in [0.25, 0.3) is 0 Å². The molecule has 0 aromatic heterocycles. The van der Waals surface area contributed by atoms with Crippen LogP contribution < -0.4 is 0 Å². The Kier molecular flexibility index (Phi) is 5.36. The molecule has 0 saturated carbocycles. The van der Waals surface area contributed by atoms with E-state index in [4.69, 9.17) is 0 Å². The van der Waals surface area contributed by atoms with Crippen molar-refractivity contribution in [2.24, 2.45) is 0 Å². The summed E-state index contributed by atoms with van der Waals surface area (Å²) in [5.74, 6) is -0.427. The van der Waals surface area contributed by atoms with Crippen molar-refractivity contribution in [1.29, 1.82) is 0 Å². The Morgan fingerprint density at radius 3 is 2.23 bits per heavy atom. The summed E-state index contributed by atoms with van der Waals surface area (Å²) in [4.78, 5) is 26.4. The first-order valence-electron chi connectivity index (χ1n) is 7.49. The summed E-state index contributed by atoms with van der Waals surface area (Å²) >= 11 is 0. The van der Waals surface area contributed by atoms with Crippen molar-refractivity contribution < 1.29 is 18.0 Å². The van der Waals surface area contributed by atoms with Gasteiger partial charge in [0.05, 0.1) is 6.26 Å². The highest BCUT2D eigenvalue weighted by molar-refractivity contribution is 7.88. The molecule has 2 aliphatic heterocycles. The lowest BCUT2D eigenvalue weighted by molar-refractivity contribution is -0.135. The van der Waals surface area contributed by atoms with Crippen LogP contribution in [0.1, 0.15) is 19.3 Å². The highest BCUT2D eigenvalue weighted by atomic mass is 32.2. The molecule has 2 heterocycles. The molecule has 8 heteroatoms. The predicted octanol–water partition coefficient (Wildman–Crippen LogP) is -0.341. The van der Waals surface area contributed by atoms with Crippen LogP contribution in [0.3, 0.4) is 0 Å². The Hall–Kier alpha value is -1.25. The number of hydrogen-bond acceptors (Lipinski definition) is 5. The third-order valence-corrected chi connectivity index (χ3v) is 5.48. The van der Waals surface area contributed by atoms with Gasteiger partial charge in [0.2, 0.25) is 10.0 Å². The van der Waals surface area contributed by atoms with E-state index in [1.54, 1.807) is 0 Å². The fraction of sp³-hybridized carbons (Fsp3) is 0.714. The molecule has 22 heavy (non-hydrogen) atoms. The van der Waals surface area contributed by atoms with E-state index in [0.29, 0.717) is 25.1 Å². The van der Waals surface area contributed by atoms with Gasteiger partial charge in [-0.25, -0.2) is 8.42 Å². The molecule has 2 aliphatic rings. The number of amides is 2. The van der Waals surface area contributed by atoms with E-state index in [0.717, 1.165) is 37.4 Å². The fourth-order valence-electron chi connectivity index (χ4n) is 2.74. The lowest BCUT2D eigenvalue weighted by Crippen LogP contribution is -2.48. The molecule has 0 aliphatic carbocycles. The Bertz CT molecular complexity index is 577. The highest BCUT2D eigenvalue weighted by Crippen LogP contribution is 2.17. The number of piperazine rings is 1. The number of carbonyl (C=O) groups excluding carboxylic acids is 2. The number of unbranched alkanes of at least 4 members (excludes halogenated alkanes) is 1. The average molecular weight is 329 g/mol. The molecule has 1 saturated heterocycles. The van der Waals surface area contributed by atoms with Crippen LogP contribution in [0.15, 0.2) is 11.6 Å². The summed E-state index contributed by atoms with van der Waals surface area (Å²) in [6.07, 6.45) is 5.07. The van der Waals surface area contributed by atoms with E-state index < -0.39 is 10.0 Å². The monoisotopic (exact) mass is 329 g/mol. The predicted molar refractivity (Wildman–Crippen MR) is 82.6 cm³/mol. The molecule has 0 N–H and O–H groups in total. The van der Waals surface area contributed by atoms with Crippen molar-refractivity contribution in [3.05, 3.63) is 11.6 Å². The van der Waals surface area contributed by atoms with E-state index in [9.17, 15) is 18.0 Å². The molecular weight excluding hydrogens is 306 g/mol. The van der Waals surface area contributed by atoms with Crippen molar-refractivity contribution in [3.8, 4) is 0 Å². The molecule has 1 fully saturated rings. The first-order valence-corrected chi connectivity index (χ1v) is 9.34. The maximum absolute atomic E-state index is 11.7. The van der Waals surface area contributed by atoms with Crippen LogP contribution in [0.2, 0.25) is 0 Å². The van der Waals surface area contributed by atoms with Crippen LogP contribution in [-0.4, -0.2) is 80.4 Å². The number of likely N-dealkylation sites (N-methyl/N-ethyl adjacent to an activating group) is 1. The van der Waals surface area contributed by atoms with Gasteiger partial charge in [0.15, 0.2) is 0 Å². The van der Waals surface area contributed by atoms with Crippen LogP contribution in [0.5, 0.6) is 0 Å². The smallest absolute Gasteiger partial charge is 0.256 e. The molecule has 0 aromatic carbocycles. The number of rotatable bonds is 6. The molecule has 0 unspecified atom stereocenters. The molecule has 2 rings (SSSR count). The van der Waals surface area contributed by atoms with Gasteiger partial charge in [0, 0.05) is 44.9 Å². The second-order valence-electron chi connectivity index (χ2n) is 5.83. The minimum absolute atomic E-state index is 0.188. The van der Waals surface area contributed by atoms with Crippen LogP contribution >= 0.6 is 0 Å². The third kappa shape index (κ3) is 4.15. The van der Waals surface area contributed by atoms with E-state index in [2.05, 4.69) is 4.90 Å². The van der Waals surface area contributed by atoms with Gasteiger partial charge in [-0.3, -0.25) is 14.5 Å². The quantitative estimate of drug-likeness (QED) is 0.492. The van der Waals surface area contributed by atoms with Gasteiger partial charge >= 0.3 is 0 Å². The van der Waals surface area contributed by atoms with Crippen molar-refractivity contribution in [3.63, 3.8) is 0 Å². The molecule has 124 valence electrons. The van der Waals surface area contributed by atoms with Crippen molar-refractivity contribution in [1.82, 2.24) is 14.1 Å². The first-order chi connectivity index (χ1) is 10.3. The Morgan fingerprint density at radius 2 is 1.73 bits per heavy atom. The largest absolute Gasteiger partial charge is 0.301 e. The van der Waals surface area contributed by atoms with Gasteiger partial charge in [0.1, 0.15) is 0 Å². The molecular formula is C14H23N3O4S. The lowest BCUT2D eigenvalue weighted by Gasteiger charge is -2.33. The molecule has 7 nitrogen and oxygen atoms in total. The average Bonchev–Trinajstić information content (AvgIpc) is 2.70. The summed E-state index contributed by atoms with van der Waals surface area (Å²) in [5, 5.41) is 0. The number of sulfonamides is 1. The molecule has 0 spiro atoms. The van der Waals surface area contributed by atoms with Gasteiger partial charge in [-0.1, -0.05) is 0 Å².